The molecule has 0 bridgehead atoms. The number of hydrogen-bond donors (Lipinski definition) is 1. The van der Waals surface area contributed by atoms with Gasteiger partial charge in [-0.1, -0.05) is 17.7 Å². The van der Waals surface area contributed by atoms with Crippen molar-refractivity contribution in [3.63, 3.8) is 0 Å². The van der Waals surface area contributed by atoms with Gasteiger partial charge in [-0.3, -0.25) is 9.80 Å². The number of halogens is 2. The zero-order chi connectivity index (χ0) is 14.9. The van der Waals surface area contributed by atoms with Crippen molar-refractivity contribution in [3.8, 4) is 0 Å². The van der Waals surface area contributed by atoms with Crippen LogP contribution in [0.4, 0.5) is 4.39 Å². The molecule has 0 spiro atoms. The van der Waals surface area contributed by atoms with E-state index in [0.29, 0.717) is 29.2 Å². The molecule has 0 aliphatic carbocycles. The molecule has 3 atom stereocenters. The maximum absolute atomic E-state index is 14.1. The topological polar surface area (TPSA) is 32.5 Å². The first-order valence-corrected chi connectivity index (χ1v) is 7.42. The van der Waals surface area contributed by atoms with E-state index in [4.69, 9.17) is 17.3 Å². The Morgan fingerprint density at radius 1 is 1.35 bits per heavy atom. The molecule has 1 aliphatic rings. The van der Waals surface area contributed by atoms with E-state index in [9.17, 15) is 4.39 Å². The van der Waals surface area contributed by atoms with Crippen molar-refractivity contribution in [1.82, 2.24) is 9.80 Å². The first-order chi connectivity index (χ1) is 9.43. The van der Waals surface area contributed by atoms with Crippen LogP contribution in [0.2, 0.25) is 5.02 Å². The van der Waals surface area contributed by atoms with Gasteiger partial charge in [0.2, 0.25) is 0 Å². The van der Waals surface area contributed by atoms with Crippen molar-refractivity contribution in [2.24, 2.45) is 5.73 Å². The quantitative estimate of drug-likeness (QED) is 0.931. The van der Waals surface area contributed by atoms with Gasteiger partial charge in [-0.25, -0.2) is 4.39 Å². The molecule has 5 heteroatoms. The minimum atomic E-state index is -0.271. The third kappa shape index (κ3) is 3.14. The average Bonchev–Trinajstić information content (AvgIpc) is 2.39. The Morgan fingerprint density at radius 2 is 1.95 bits per heavy atom. The molecule has 1 heterocycles. The minimum absolute atomic E-state index is 0.0918. The third-order valence-electron chi connectivity index (χ3n) is 4.37. The largest absolute Gasteiger partial charge is 0.329 e. The van der Waals surface area contributed by atoms with Gasteiger partial charge in [-0.2, -0.15) is 0 Å². The first kappa shape index (κ1) is 15.7. The van der Waals surface area contributed by atoms with E-state index in [-0.39, 0.29) is 11.9 Å². The molecular weight excluding hydrogens is 277 g/mol. The normalized spacial score (nSPS) is 26.7. The number of nitrogens with two attached hydrogens (primary N) is 1. The van der Waals surface area contributed by atoms with Gasteiger partial charge in [0, 0.05) is 42.3 Å². The second-order valence-electron chi connectivity index (χ2n) is 5.73. The van der Waals surface area contributed by atoms with Crippen LogP contribution in [0.15, 0.2) is 18.2 Å². The summed E-state index contributed by atoms with van der Waals surface area (Å²) in [5.41, 5.74) is 6.55. The monoisotopic (exact) mass is 299 g/mol. The van der Waals surface area contributed by atoms with Gasteiger partial charge in [-0.15, -0.1) is 0 Å². The molecule has 2 N–H and O–H groups in total. The van der Waals surface area contributed by atoms with Crippen LogP contribution in [0, 0.1) is 5.82 Å². The Labute approximate surface area is 125 Å². The van der Waals surface area contributed by atoms with Gasteiger partial charge >= 0.3 is 0 Å². The molecule has 112 valence electrons. The number of hydrogen-bond acceptors (Lipinski definition) is 3. The summed E-state index contributed by atoms with van der Waals surface area (Å²) < 4.78 is 14.1. The molecule has 1 saturated heterocycles. The molecule has 0 radical (unpaired) electrons. The molecule has 2 rings (SSSR count). The van der Waals surface area contributed by atoms with E-state index in [1.807, 2.05) is 0 Å². The zero-order valence-corrected chi connectivity index (χ0v) is 13.1. The molecule has 0 aromatic heterocycles. The first-order valence-electron chi connectivity index (χ1n) is 7.05. The highest BCUT2D eigenvalue weighted by molar-refractivity contribution is 6.30. The predicted molar refractivity (Wildman–Crippen MR) is 81.5 cm³/mol. The number of nitrogens with zero attached hydrogens (tertiary/aromatic N) is 2. The molecular formula is C15H23ClFN3. The van der Waals surface area contributed by atoms with Crippen LogP contribution in [-0.2, 0) is 0 Å². The van der Waals surface area contributed by atoms with E-state index in [1.54, 1.807) is 12.1 Å². The van der Waals surface area contributed by atoms with Gasteiger partial charge in [0.05, 0.1) is 6.04 Å². The lowest BCUT2D eigenvalue weighted by molar-refractivity contribution is 0.0343. The van der Waals surface area contributed by atoms with E-state index in [1.165, 1.54) is 6.07 Å². The molecule has 1 aromatic rings. The molecule has 3 nitrogen and oxygen atoms in total. The van der Waals surface area contributed by atoms with Crippen molar-refractivity contribution < 1.29 is 4.39 Å². The van der Waals surface area contributed by atoms with Crippen molar-refractivity contribution in [2.45, 2.75) is 32.0 Å². The maximum Gasteiger partial charge on any atom is 0.129 e. The Kier molecular flexibility index (Phi) is 5.02. The van der Waals surface area contributed by atoms with Crippen molar-refractivity contribution in [2.75, 3.05) is 26.7 Å². The lowest BCUT2D eigenvalue weighted by Gasteiger charge is -2.45. The zero-order valence-electron chi connectivity index (χ0n) is 12.3. The average molecular weight is 300 g/mol. The lowest BCUT2D eigenvalue weighted by Crippen LogP contribution is -2.56. The van der Waals surface area contributed by atoms with Crippen molar-refractivity contribution in [3.05, 3.63) is 34.6 Å². The maximum atomic E-state index is 14.1. The van der Waals surface area contributed by atoms with Gasteiger partial charge in [0.25, 0.3) is 0 Å². The second kappa shape index (κ2) is 6.39. The van der Waals surface area contributed by atoms with Crippen molar-refractivity contribution in [1.29, 1.82) is 0 Å². The fraction of sp³-hybridized carbons (Fsp3) is 0.600. The summed E-state index contributed by atoms with van der Waals surface area (Å²) in [6.45, 7) is 6.57. The van der Waals surface area contributed by atoms with Crippen LogP contribution in [0.25, 0.3) is 0 Å². The summed E-state index contributed by atoms with van der Waals surface area (Å²) >= 11 is 5.82. The van der Waals surface area contributed by atoms with Gasteiger partial charge in [0.15, 0.2) is 0 Å². The Bertz CT molecular complexity index is 456. The number of likely N-dealkylation sites (N-methyl/N-ethyl adjacent to an activating group) is 1. The predicted octanol–water partition coefficient (Wildman–Crippen LogP) is 2.50. The second-order valence-corrected chi connectivity index (χ2v) is 6.17. The Morgan fingerprint density at radius 3 is 2.45 bits per heavy atom. The lowest BCUT2D eigenvalue weighted by atomic mass is 10.0. The minimum Gasteiger partial charge on any atom is -0.329 e. The summed E-state index contributed by atoms with van der Waals surface area (Å²) in [6, 6.07) is 5.62. The van der Waals surface area contributed by atoms with Crippen LogP contribution < -0.4 is 5.73 Å². The molecule has 1 fully saturated rings. The van der Waals surface area contributed by atoms with E-state index in [0.717, 1.165) is 13.1 Å². The van der Waals surface area contributed by atoms with E-state index < -0.39 is 0 Å². The highest BCUT2D eigenvalue weighted by atomic mass is 35.5. The SMILES string of the molecule is CC1CN(C(CN)c2ccc(Cl)cc2F)CC(C)N1C. The summed E-state index contributed by atoms with van der Waals surface area (Å²) in [6.07, 6.45) is 0. The number of rotatable bonds is 3. The van der Waals surface area contributed by atoms with Gasteiger partial charge in [0.1, 0.15) is 5.82 Å². The van der Waals surface area contributed by atoms with Crippen molar-refractivity contribution >= 4 is 11.6 Å². The molecule has 1 aliphatic heterocycles. The van der Waals surface area contributed by atoms with Crippen LogP contribution in [0.1, 0.15) is 25.5 Å². The molecule has 3 unspecified atom stereocenters. The van der Waals surface area contributed by atoms with Gasteiger partial charge < -0.3 is 5.73 Å². The van der Waals surface area contributed by atoms with E-state index in [2.05, 4.69) is 30.7 Å². The van der Waals surface area contributed by atoms with Crippen LogP contribution in [0.3, 0.4) is 0 Å². The third-order valence-corrected chi connectivity index (χ3v) is 4.61. The smallest absolute Gasteiger partial charge is 0.129 e. The fourth-order valence-electron chi connectivity index (χ4n) is 2.94. The molecule has 0 saturated carbocycles. The van der Waals surface area contributed by atoms with Crippen LogP contribution >= 0.6 is 11.6 Å². The molecule has 0 amide bonds. The highest BCUT2D eigenvalue weighted by Gasteiger charge is 2.31. The summed E-state index contributed by atoms with van der Waals surface area (Å²) in [5, 5.41) is 0.419. The summed E-state index contributed by atoms with van der Waals surface area (Å²) in [4.78, 5) is 4.63. The fourth-order valence-corrected chi connectivity index (χ4v) is 3.10. The highest BCUT2D eigenvalue weighted by Crippen LogP contribution is 2.28. The van der Waals surface area contributed by atoms with Gasteiger partial charge in [-0.05, 0) is 33.0 Å². The standard InChI is InChI=1S/C15H23ClFN3/c1-10-8-20(9-11(2)19(10)3)15(7-18)13-5-4-12(16)6-14(13)17/h4-6,10-11,15H,7-9,18H2,1-3H3. The van der Waals surface area contributed by atoms with E-state index >= 15 is 0 Å². The van der Waals surface area contributed by atoms with Crippen LogP contribution in [0.5, 0.6) is 0 Å². The summed E-state index contributed by atoms with van der Waals surface area (Å²) in [5.74, 6) is -0.271. The Balaban J connectivity index is 2.24. The molecule has 20 heavy (non-hydrogen) atoms. The number of piperazine rings is 1. The number of benzene rings is 1. The Hall–Kier alpha value is -0.680. The summed E-state index contributed by atoms with van der Waals surface area (Å²) in [7, 11) is 2.13. The van der Waals surface area contributed by atoms with Crippen LogP contribution in [-0.4, -0.2) is 48.6 Å². The molecule has 1 aromatic carbocycles.